The maximum atomic E-state index is 10.1. The number of ether oxygens (including phenoxy) is 1. The quantitative estimate of drug-likeness (QED) is 0.340. The smallest absolute Gasteiger partial charge is 0.119 e. The maximum absolute atomic E-state index is 10.1. The molecular formula is C22H38ClNO2S. The highest BCUT2D eigenvalue weighted by atomic mass is 35.5. The van der Waals surface area contributed by atoms with Gasteiger partial charge in [-0.05, 0) is 43.1 Å². The van der Waals surface area contributed by atoms with Crippen molar-refractivity contribution in [2.75, 3.05) is 19.7 Å². The lowest BCUT2D eigenvalue weighted by Gasteiger charge is -2.21. The molecule has 0 bridgehead atoms. The Labute approximate surface area is 176 Å². The van der Waals surface area contributed by atoms with E-state index in [0.29, 0.717) is 18.4 Å². The highest BCUT2D eigenvalue weighted by Gasteiger charge is 2.12. The molecule has 2 N–H and O–H groups in total. The fraction of sp³-hybridized carbons (Fsp3) is 0.727. The van der Waals surface area contributed by atoms with Crippen LogP contribution in [0.4, 0.5) is 0 Å². The van der Waals surface area contributed by atoms with Crippen LogP contribution < -0.4 is 10.1 Å². The van der Waals surface area contributed by atoms with Gasteiger partial charge in [0.05, 0.1) is 0 Å². The lowest BCUT2D eigenvalue weighted by Crippen LogP contribution is -2.32. The molecule has 0 aromatic heterocycles. The number of thioether (sulfide) groups is 1. The van der Waals surface area contributed by atoms with Gasteiger partial charge in [-0.15, -0.1) is 24.2 Å². The largest absolute Gasteiger partial charge is 0.491 e. The van der Waals surface area contributed by atoms with Crippen LogP contribution in [0.1, 0.15) is 65.2 Å². The average molecular weight is 416 g/mol. The predicted molar refractivity (Wildman–Crippen MR) is 119 cm³/mol. The van der Waals surface area contributed by atoms with Crippen molar-refractivity contribution >= 4 is 24.2 Å². The molecule has 1 aromatic carbocycles. The Kier molecular flexibility index (Phi) is 13.3. The minimum Gasteiger partial charge on any atom is -0.491 e. The van der Waals surface area contributed by atoms with Gasteiger partial charge < -0.3 is 15.2 Å². The predicted octanol–water partition coefficient (Wildman–Crippen LogP) is 5.69. The molecule has 1 aromatic rings. The van der Waals surface area contributed by atoms with Crippen molar-refractivity contribution in [3.05, 3.63) is 24.3 Å². The van der Waals surface area contributed by atoms with Gasteiger partial charge in [-0.2, -0.15) is 0 Å². The highest BCUT2D eigenvalue weighted by molar-refractivity contribution is 7.99. The summed E-state index contributed by atoms with van der Waals surface area (Å²) in [6.45, 7) is 6.31. The van der Waals surface area contributed by atoms with E-state index in [9.17, 15) is 5.11 Å². The van der Waals surface area contributed by atoms with Crippen molar-refractivity contribution in [1.82, 2.24) is 5.32 Å². The molecule has 0 spiro atoms. The summed E-state index contributed by atoms with van der Waals surface area (Å²) in [4.78, 5) is 1.25. The summed E-state index contributed by atoms with van der Waals surface area (Å²) in [5, 5.41) is 14.0. The van der Waals surface area contributed by atoms with Crippen LogP contribution in [0, 0.1) is 5.92 Å². The van der Waals surface area contributed by atoms with Crippen molar-refractivity contribution in [2.24, 2.45) is 5.92 Å². The van der Waals surface area contributed by atoms with E-state index in [4.69, 9.17) is 4.74 Å². The summed E-state index contributed by atoms with van der Waals surface area (Å²) >= 11 is 1.84. The van der Waals surface area contributed by atoms with Crippen LogP contribution in [0.5, 0.6) is 5.75 Å². The van der Waals surface area contributed by atoms with E-state index in [1.807, 2.05) is 23.9 Å². The Morgan fingerprint density at radius 1 is 1.11 bits per heavy atom. The van der Waals surface area contributed by atoms with Gasteiger partial charge >= 0.3 is 0 Å². The monoisotopic (exact) mass is 415 g/mol. The first-order valence-electron chi connectivity index (χ1n) is 10.4. The van der Waals surface area contributed by atoms with E-state index < -0.39 is 6.10 Å². The molecular weight excluding hydrogens is 378 g/mol. The molecule has 2 rings (SSSR count). The van der Waals surface area contributed by atoms with Crippen LogP contribution in [0.25, 0.3) is 0 Å². The van der Waals surface area contributed by atoms with E-state index in [2.05, 4.69) is 31.3 Å². The minimum absolute atomic E-state index is 0. The standard InChI is InChI=1S/C22H37NO2S.ClH/c1-18(2)26-22-13-11-21(12-14-22)25-17-20(24)16-23-15-7-6-10-19-8-4-3-5-9-19;/h11-14,18-20,23-24H,3-10,15-17H2,1-2H3;1H. The van der Waals surface area contributed by atoms with Gasteiger partial charge in [0.2, 0.25) is 0 Å². The number of nitrogens with one attached hydrogen (secondary N) is 1. The van der Waals surface area contributed by atoms with Crippen molar-refractivity contribution < 1.29 is 9.84 Å². The summed E-state index contributed by atoms with van der Waals surface area (Å²) in [5.74, 6) is 1.80. The first-order valence-corrected chi connectivity index (χ1v) is 11.3. The van der Waals surface area contributed by atoms with Gasteiger partial charge in [-0.1, -0.05) is 58.8 Å². The Bertz CT molecular complexity index is 478. The Hall–Kier alpha value is -0.420. The number of aliphatic hydroxyl groups excluding tert-OH is 1. The fourth-order valence-corrected chi connectivity index (χ4v) is 4.40. The number of rotatable bonds is 12. The molecule has 1 fully saturated rings. The van der Waals surface area contributed by atoms with Crippen molar-refractivity contribution in [3.8, 4) is 5.75 Å². The second-order valence-corrected chi connectivity index (χ2v) is 9.46. The Balaban J connectivity index is 0.00000364. The molecule has 3 nitrogen and oxygen atoms in total. The second kappa shape index (κ2) is 14.6. The summed E-state index contributed by atoms with van der Waals surface area (Å²) in [6, 6.07) is 8.13. The molecule has 1 aliphatic carbocycles. The zero-order valence-electron chi connectivity index (χ0n) is 17.0. The molecule has 1 atom stereocenters. The summed E-state index contributed by atoms with van der Waals surface area (Å²) in [5.41, 5.74) is 0. The maximum Gasteiger partial charge on any atom is 0.119 e. The molecule has 1 saturated carbocycles. The van der Waals surface area contributed by atoms with Gasteiger partial charge in [0, 0.05) is 16.7 Å². The van der Waals surface area contributed by atoms with Crippen LogP contribution in [0.15, 0.2) is 29.2 Å². The lowest BCUT2D eigenvalue weighted by molar-refractivity contribution is 0.106. The van der Waals surface area contributed by atoms with Crippen molar-refractivity contribution in [3.63, 3.8) is 0 Å². The molecule has 156 valence electrons. The van der Waals surface area contributed by atoms with Gasteiger partial charge in [0.25, 0.3) is 0 Å². The van der Waals surface area contributed by atoms with E-state index in [1.54, 1.807) is 0 Å². The van der Waals surface area contributed by atoms with E-state index in [1.165, 1.54) is 56.3 Å². The SMILES string of the molecule is CC(C)Sc1ccc(OCC(O)CNCCCCC2CCCCC2)cc1.Cl. The minimum atomic E-state index is -0.460. The summed E-state index contributed by atoms with van der Waals surface area (Å²) < 4.78 is 5.69. The third-order valence-electron chi connectivity index (χ3n) is 4.96. The topological polar surface area (TPSA) is 41.5 Å². The van der Waals surface area contributed by atoms with Crippen LogP contribution >= 0.6 is 24.2 Å². The third-order valence-corrected chi connectivity index (χ3v) is 5.97. The fourth-order valence-electron chi connectivity index (χ4n) is 3.57. The molecule has 0 radical (unpaired) electrons. The zero-order chi connectivity index (χ0) is 18.6. The van der Waals surface area contributed by atoms with Gasteiger partial charge in [0.15, 0.2) is 0 Å². The normalized spacial score (nSPS) is 16.1. The van der Waals surface area contributed by atoms with E-state index in [-0.39, 0.29) is 12.4 Å². The number of hydrogen-bond donors (Lipinski definition) is 2. The molecule has 0 aliphatic heterocycles. The molecule has 5 heteroatoms. The lowest BCUT2D eigenvalue weighted by atomic mass is 9.86. The molecule has 0 saturated heterocycles. The first-order chi connectivity index (χ1) is 12.6. The van der Waals surface area contributed by atoms with Gasteiger partial charge in [0.1, 0.15) is 18.5 Å². The molecule has 1 aliphatic rings. The first kappa shape index (κ1) is 24.6. The second-order valence-electron chi connectivity index (χ2n) is 7.81. The Morgan fingerprint density at radius 3 is 2.48 bits per heavy atom. The zero-order valence-corrected chi connectivity index (χ0v) is 18.6. The van der Waals surface area contributed by atoms with Crippen LogP contribution in [-0.4, -0.2) is 36.2 Å². The molecule has 27 heavy (non-hydrogen) atoms. The van der Waals surface area contributed by atoms with Gasteiger partial charge in [-0.25, -0.2) is 0 Å². The van der Waals surface area contributed by atoms with Crippen molar-refractivity contribution in [1.29, 1.82) is 0 Å². The van der Waals surface area contributed by atoms with Crippen LogP contribution in [0.2, 0.25) is 0 Å². The molecule has 0 amide bonds. The molecule has 0 heterocycles. The van der Waals surface area contributed by atoms with Crippen LogP contribution in [-0.2, 0) is 0 Å². The number of unbranched alkanes of at least 4 members (excludes halogenated alkanes) is 1. The van der Waals surface area contributed by atoms with Crippen molar-refractivity contribution in [2.45, 2.75) is 81.5 Å². The number of hydrogen-bond acceptors (Lipinski definition) is 4. The summed E-state index contributed by atoms with van der Waals surface area (Å²) in [6.07, 6.45) is 10.7. The number of halogens is 1. The highest BCUT2D eigenvalue weighted by Crippen LogP contribution is 2.27. The van der Waals surface area contributed by atoms with E-state index in [0.717, 1.165) is 18.2 Å². The number of aliphatic hydroxyl groups is 1. The van der Waals surface area contributed by atoms with Gasteiger partial charge in [-0.3, -0.25) is 0 Å². The third kappa shape index (κ3) is 11.2. The number of benzene rings is 1. The van der Waals surface area contributed by atoms with Crippen LogP contribution in [0.3, 0.4) is 0 Å². The molecule has 1 unspecified atom stereocenters. The van der Waals surface area contributed by atoms with E-state index >= 15 is 0 Å². The summed E-state index contributed by atoms with van der Waals surface area (Å²) in [7, 11) is 0. The average Bonchev–Trinajstić information content (AvgIpc) is 2.64. The Morgan fingerprint density at radius 2 is 1.81 bits per heavy atom.